The molecule has 0 radical (unpaired) electrons. The van der Waals surface area contributed by atoms with E-state index in [1.165, 1.54) is 0 Å². The van der Waals surface area contributed by atoms with Gasteiger partial charge in [-0.1, -0.05) is 6.92 Å². The third-order valence-electron chi connectivity index (χ3n) is 3.26. The number of nitrogens with zero attached hydrogens (tertiary/aromatic N) is 1. The van der Waals surface area contributed by atoms with Crippen LogP contribution in [0.2, 0.25) is 0 Å². The van der Waals surface area contributed by atoms with Crippen LogP contribution in [0.15, 0.2) is 0 Å². The van der Waals surface area contributed by atoms with Crippen LogP contribution in [0.5, 0.6) is 0 Å². The summed E-state index contributed by atoms with van der Waals surface area (Å²) in [7, 11) is 0. The van der Waals surface area contributed by atoms with Gasteiger partial charge in [0.2, 0.25) is 5.91 Å². The number of hydrogen-bond donors (Lipinski definition) is 2. The average molecular weight is 284 g/mol. The van der Waals surface area contributed by atoms with E-state index in [-0.39, 0.29) is 23.5 Å². The highest BCUT2D eigenvalue weighted by Crippen LogP contribution is 2.28. The maximum atomic E-state index is 12.2. The molecular formula is C12H16N2O4S. The molecule has 2 rings (SSSR count). The predicted molar refractivity (Wildman–Crippen MR) is 70.6 cm³/mol. The Kier molecular flexibility index (Phi) is 4.16. The van der Waals surface area contributed by atoms with Gasteiger partial charge >= 0.3 is 5.97 Å². The van der Waals surface area contributed by atoms with Crippen molar-refractivity contribution in [2.75, 3.05) is 11.9 Å². The van der Waals surface area contributed by atoms with Crippen LogP contribution < -0.4 is 5.32 Å². The molecule has 1 aliphatic heterocycles. The van der Waals surface area contributed by atoms with Crippen LogP contribution in [0.1, 0.15) is 35.8 Å². The number of carbonyl (C=O) groups excluding carboxylic acids is 1. The normalized spacial score (nSPS) is 22.4. The molecule has 2 unspecified atom stereocenters. The van der Waals surface area contributed by atoms with Gasteiger partial charge in [0.05, 0.1) is 17.7 Å². The van der Waals surface area contributed by atoms with E-state index in [2.05, 4.69) is 9.69 Å². The number of anilines is 1. The van der Waals surface area contributed by atoms with Crippen LogP contribution in [0.25, 0.3) is 0 Å². The third-order valence-corrected chi connectivity index (χ3v) is 4.12. The number of aromatic carboxylic acids is 1. The molecule has 0 spiro atoms. The summed E-state index contributed by atoms with van der Waals surface area (Å²) in [5.41, 5.74) is 0.493. The number of ether oxygens (including phenoxy) is 1. The van der Waals surface area contributed by atoms with Crippen LogP contribution in [0, 0.1) is 12.8 Å². The zero-order valence-electron chi connectivity index (χ0n) is 10.8. The van der Waals surface area contributed by atoms with Crippen LogP contribution in [-0.4, -0.2) is 34.1 Å². The summed E-state index contributed by atoms with van der Waals surface area (Å²) in [4.78, 5) is 23.3. The second kappa shape index (κ2) is 5.66. The predicted octanol–water partition coefficient (Wildman–Crippen LogP) is 1.90. The van der Waals surface area contributed by atoms with Gasteiger partial charge in [-0.15, -0.1) is 0 Å². The number of hydrogen-bond acceptors (Lipinski definition) is 5. The van der Waals surface area contributed by atoms with Crippen LogP contribution in [-0.2, 0) is 9.53 Å². The molecule has 0 aromatic carbocycles. The van der Waals surface area contributed by atoms with Crippen molar-refractivity contribution in [3.63, 3.8) is 0 Å². The van der Waals surface area contributed by atoms with Crippen molar-refractivity contribution in [1.82, 2.24) is 4.37 Å². The van der Waals surface area contributed by atoms with Crippen molar-refractivity contribution in [2.45, 2.75) is 32.8 Å². The van der Waals surface area contributed by atoms with Gasteiger partial charge in [-0.05, 0) is 31.3 Å². The van der Waals surface area contributed by atoms with E-state index in [1.807, 2.05) is 6.92 Å². The monoisotopic (exact) mass is 284 g/mol. The van der Waals surface area contributed by atoms with Crippen LogP contribution >= 0.6 is 11.5 Å². The Morgan fingerprint density at radius 3 is 2.95 bits per heavy atom. The fourth-order valence-corrected chi connectivity index (χ4v) is 3.05. The first-order valence-corrected chi connectivity index (χ1v) is 6.94. The number of amides is 1. The van der Waals surface area contributed by atoms with Crippen molar-refractivity contribution < 1.29 is 19.4 Å². The Morgan fingerprint density at radius 1 is 1.58 bits per heavy atom. The number of rotatable bonds is 4. The Morgan fingerprint density at radius 2 is 2.32 bits per heavy atom. The Labute approximate surface area is 114 Å². The van der Waals surface area contributed by atoms with Crippen molar-refractivity contribution in [2.24, 2.45) is 5.92 Å². The van der Waals surface area contributed by atoms with Gasteiger partial charge in [0.1, 0.15) is 10.6 Å². The fraction of sp³-hybridized carbons (Fsp3) is 0.583. The van der Waals surface area contributed by atoms with Gasteiger partial charge in [-0.3, -0.25) is 4.79 Å². The molecule has 19 heavy (non-hydrogen) atoms. The zero-order chi connectivity index (χ0) is 14.0. The van der Waals surface area contributed by atoms with Crippen LogP contribution in [0.4, 0.5) is 5.00 Å². The minimum absolute atomic E-state index is 0.0744. The summed E-state index contributed by atoms with van der Waals surface area (Å²) in [6.07, 6.45) is 1.36. The van der Waals surface area contributed by atoms with Crippen molar-refractivity contribution in [3.8, 4) is 0 Å². The first kappa shape index (κ1) is 14.0. The number of carboxylic acid groups (broad SMARTS) is 1. The fourth-order valence-electron chi connectivity index (χ4n) is 2.26. The highest BCUT2D eigenvalue weighted by atomic mass is 32.1. The smallest absolute Gasteiger partial charge is 0.340 e. The molecule has 2 N–H and O–H groups in total. The van der Waals surface area contributed by atoms with Gasteiger partial charge < -0.3 is 15.2 Å². The first-order chi connectivity index (χ1) is 9.04. The summed E-state index contributed by atoms with van der Waals surface area (Å²) >= 11 is 0.997. The van der Waals surface area contributed by atoms with E-state index in [9.17, 15) is 9.59 Å². The molecule has 6 nitrogen and oxygen atoms in total. The number of aryl methyl sites for hydroxylation is 1. The zero-order valence-corrected chi connectivity index (χ0v) is 11.6. The van der Waals surface area contributed by atoms with Gasteiger partial charge in [-0.2, -0.15) is 4.37 Å². The van der Waals surface area contributed by atoms with E-state index >= 15 is 0 Å². The Bertz CT molecular complexity index is 500. The first-order valence-electron chi connectivity index (χ1n) is 6.16. The summed E-state index contributed by atoms with van der Waals surface area (Å²) in [5.74, 6) is -1.47. The molecule has 1 aliphatic rings. The molecular weight excluding hydrogens is 268 g/mol. The van der Waals surface area contributed by atoms with Crippen molar-refractivity contribution >= 4 is 28.4 Å². The van der Waals surface area contributed by atoms with Crippen molar-refractivity contribution in [3.05, 3.63) is 11.3 Å². The standard InChI is InChI=1S/C12H16N2O4S/c1-3-8-7(4-5-18-8)10(15)13-11-9(12(16)17)6(2)14-19-11/h7-8H,3-5H2,1-2H3,(H,13,15)(H,16,17). The summed E-state index contributed by atoms with van der Waals surface area (Å²) in [6, 6.07) is 0. The maximum Gasteiger partial charge on any atom is 0.340 e. The van der Waals surface area contributed by atoms with E-state index in [1.54, 1.807) is 6.92 Å². The molecule has 1 aromatic rings. The van der Waals surface area contributed by atoms with Gasteiger partial charge in [0.25, 0.3) is 0 Å². The largest absolute Gasteiger partial charge is 0.478 e. The molecule has 0 aliphatic carbocycles. The Hall–Kier alpha value is -1.47. The quantitative estimate of drug-likeness (QED) is 0.881. The molecule has 0 bridgehead atoms. The van der Waals surface area contributed by atoms with Gasteiger partial charge in [0, 0.05) is 6.61 Å². The number of nitrogens with one attached hydrogen (secondary N) is 1. The molecule has 2 atom stereocenters. The van der Waals surface area contributed by atoms with Crippen LogP contribution in [0.3, 0.4) is 0 Å². The van der Waals surface area contributed by atoms with Gasteiger partial charge in [-0.25, -0.2) is 4.79 Å². The van der Waals surface area contributed by atoms with E-state index < -0.39 is 5.97 Å². The Balaban J connectivity index is 2.13. The lowest BCUT2D eigenvalue weighted by atomic mass is 9.99. The summed E-state index contributed by atoms with van der Waals surface area (Å²) in [6.45, 7) is 4.16. The average Bonchev–Trinajstić information content (AvgIpc) is 2.95. The van der Waals surface area contributed by atoms with Gasteiger partial charge in [0.15, 0.2) is 0 Å². The second-order valence-corrected chi connectivity index (χ2v) is 5.25. The molecule has 2 heterocycles. The topological polar surface area (TPSA) is 88.5 Å². The molecule has 1 saturated heterocycles. The van der Waals surface area contributed by atoms with E-state index in [4.69, 9.17) is 9.84 Å². The SMILES string of the molecule is CCC1OCCC1C(=O)Nc1snc(C)c1C(=O)O. The second-order valence-electron chi connectivity index (χ2n) is 4.48. The molecule has 7 heteroatoms. The third kappa shape index (κ3) is 2.76. The summed E-state index contributed by atoms with van der Waals surface area (Å²) < 4.78 is 9.44. The summed E-state index contributed by atoms with van der Waals surface area (Å²) in [5, 5.41) is 12.1. The number of carbonyl (C=O) groups is 2. The lowest BCUT2D eigenvalue weighted by Gasteiger charge is -2.15. The molecule has 1 aromatic heterocycles. The minimum atomic E-state index is -1.07. The lowest BCUT2D eigenvalue weighted by molar-refractivity contribution is -0.121. The number of carboxylic acids is 1. The lowest BCUT2D eigenvalue weighted by Crippen LogP contribution is -2.29. The molecule has 104 valence electrons. The van der Waals surface area contributed by atoms with E-state index in [0.717, 1.165) is 18.0 Å². The molecule has 1 fully saturated rings. The molecule has 1 amide bonds. The number of aromatic nitrogens is 1. The highest BCUT2D eigenvalue weighted by Gasteiger charge is 2.33. The van der Waals surface area contributed by atoms with Crippen molar-refractivity contribution in [1.29, 1.82) is 0 Å². The van der Waals surface area contributed by atoms with E-state index in [0.29, 0.717) is 23.7 Å². The highest BCUT2D eigenvalue weighted by molar-refractivity contribution is 7.11. The molecule has 0 saturated carbocycles. The minimum Gasteiger partial charge on any atom is -0.478 e. The maximum absolute atomic E-state index is 12.2.